The van der Waals surface area contributed by atoms with Crippen molar-refractivity contribution in [3.05, 3.63) is 36.7 Å². The Morgan fingerprint density at radius 3 is 2.47 bits per heavy atom. The van der Waals surface area contributed by atoms with Gasteiger partial charge in [0.1, 0.15) is 49.0 Å². The van der Waals surface area contributed by atoms with Crippen molar-refractivity contribution in [1.82, 2.24) is 24.4 Å². The topological polar surface area (TPSA) is 377 Å². The van der Waals surface area contributed by atoms with Gasteiger partial charge in [0, 0.05) is 18.0 Å². The number of nitrogens with two attached hydrogens (primary N) is 2. The molecule has 1 amide bonds. The Balaban J connectivity index is 1.28. The number of rotatable bonds is 14. The van der Waals surface area contributed by atoms with Crippen LogP contribution in [0.1, 0.15) is 12.6 Å². The Morgan fingerprint density at radius 2 is 1.80 bits per heavy atom. The zero-order valence-electron chi connectivity index (χ0n) is 25.4. The van der Waals surface area contributed by atoms with E-state index in [1.165, 1.54) is 23.4 Å². The number of amides is 1. The number of primary amides is 1. The van der Waals surface area contributed by atoms with Crippen molar-refractivity contribution in [1.29, 1.82) is 0 Å². The normalized spacial score (nSPS) is 31.9. The average Bonchev–Trinajstić information content (AvgIpc) is 3.68. The lowest BCUT2D eigenvalue weighted by molar-refractivity contribution is -0.119. The molecule has 2 unspecified atom stereocenters. The molecule has 10 atom stereocenters. The maximum Gasteiger partial charge on any atom is 0.481 e. The third-order valence-corrected chi connectivity index (χ3v) is 10.6. The van der Waals surface area contributed by atoms with Gasteiger partial charge in [-0.05, 0) is 18.6 Å². The van der Waals surface area contributed by atoms with Crippen LogP contribution < -0.4 is 11.5 Å². The summed E-state index contributed by atoms with van der Waals surface area (Å²) in [6.45, 7) is -2.36. The summed E-state index contributed by atoms with van der Waals surface area (Å²) in [7, 11) is -16.7. The van der Waals surface area contributed by atoms with Gasteiger partial charge in [-0.3, -0.25) is 22.9 Å². The molecule has 0 radical (unpaired) electrons. The SMILES string of the molecule is NC(=O)C1=CN([C@@H]2O[C@H](COP(=O)(O)OP(=O)(O)OC[C@@]3(N=C=S)O[C@@H](n4cnc5c(N)ncnc54)[C@H](OP(=O)(O)O)[C@H]3O)[C@@H](O)[C@H]2O)C=CC1. The molecule has 5 heterocycles. The molecule has 0 saturated carbocycles. The molecule has 0 aromatic carbocycles. The zero-order chi connectivity index (χ0) is 37.5. The van der Waals surface area contributed by atoms with Crippen LogP contribution >= 0.6 is 35.7 Å². The van der Waals surface area contributed by atoms with Gasteiger partial charge in [-0.1, -0.05) is 6.08 Å². The van der Waals surface area contributed by atoms with E-state index in [0.29, 0.717) is 0 Å². The number of aliphatic hydroxyl groups is 3. The zero-order valence-corrected chi connectivity index (χ0v) is 28.9. The maximum absolute atomic E-state index is 12.8. The number of aliphatic hydroxyl groups excluding tert-OH is 3. The van der Waals surface area contributed by atoms with Crippen molar-refractivity contribution in [2.24, 2.45) is 10.7 Å². The van der Waals surface area contributed by atoms with E-state index in [-0.39, 0.29) is 29.0 Å². The van der Waals surface area contributed by atoms with E-state index in [1.807, 2.05) is 5.16 Å². The highest BCUT2D eigenvalue weighted by atomic mass is 32.1. The molecule has 280 valence electrons. The van der Waals surface area contributed by atoms with Crippen LogP contribution in [0.3, 0.4) is 0 Å². The van der Waals surface area contributed by atoms with E-state index in [2.05, 4.69) is 36.5 Å². The van der Waals surface area contributed by atoms with Crippen LogP contribution in [0, 0.1) is 0 Å². The number of thiocarbonyl (C=S) groups is 1. The van der Waals surface area contributed by atoms with Gasteiger partial charge < -0.3 is 60.7 Å². The van der Waals surface area contributed by atoms with E-state index in [0.717, 1.165) is 17.2 Å². The Kier molecular flexibility index (Phi) is 11.4. The number of ether oxygens (including phenoxy) is 2. The summed E-state index contributed by atoms with van der Waals surface area (Å²) in [5.41, 5.74) is 8.49. The number of aliphatic imine (C=N–C) groups is 1. The molecule has 0 bridgehead atoms. The van der Waals surface area contributed by atoms with Crippen molar-refractivity contribution in [3.63, 3.8) is 0 Å². The number of isothiocyanates is 1. The largest absolute Gasteiger partial charge is 0.481 e. The molecule has 2 aromatic heterocycles. The smallest absolute Gasteiger partial charge is 0.387 e. The van der Waals surface area contributed by atoms with Gasteiger partial charge in [0.05, 0.1) is 18.1 Å². The quantitative estimate of drug-likeness (QED) is 0.0559. The summed E-state index contributed by atoms with van der Waals surface area (Å²) in [6, 6.07) is 0. The van der Waals surface area contributed by atoms with Crippen LogP contribution in [0.5, 0.6) is 0 Å². The lowest BCUT2D eigenvalue weighted by atomic mass is 10.1. The predicted molar refractivity (Wildman–Crippen MR) is 167 cm³/mol. The molecule has 0 spiro atoms. The number of nitrogens with zero attached hydrogens (tertiary/aromatic N) is 6. The number of carbonyl (C=O) groups is 1. The van der Waals surface area contributed by atoms with Crippen LogP contribution in [0.15, 0.2) is 41.7 Å². The molecule has 11 N–H and O–H groups in total. The third kappa shape index (κ3) is 8.66. The number of phosphoric ester groups is 3. The monoisotopic (exact) mass is 802 g/mol. The molecular formula is C22H29N8O17P3S. The first-order chi connectivity index (χ1) is 23.8. The highest BCUT2D eigenvalue weighted by Gasteiger charge is 2.60. The van der Waals surface area contributed by atoms with Gasteiger partial charge in [-0.25, -0.2) is 28.6 Å². The Morgan fingerprint density at radius 1 is 1.10 bits per heavy atom. The third-order valence-electron chi connectivity index (χ3n) is 7.44. The second-order valence-electron chi connectivity index (χ2n) is 10.8. The second kappa shape index (κ2) is 14.8. The lowest BCUT2D eigenvalue weighted by Gasteiger charge is -2.28. The van der Waals surface area contributed by atoms with Crippen LogP contribution in [0.4, 0.5) is 5.82 Å². The minimum atomic E-state index is -5.71. The van der Waals surface area contributed by atoms with Gasteiger partial charge in [-0.2, -0.15) is 9.30 Å². The van der Waals surface area contributed by atoms with Crippen molar-refractivity contribution in [3.8, 4) is 0 Å². The summed E-state index contributed by atoms with van der Waals surface area (Å²) >= 11 is 4.60. The number of allylic oxidation sites excluding steroid dienone is 1. The molecule has 51 heavy (non-hydrogen) atoms. The van der Waals surface area contributed by atoms with Crippen LogP contribution in [-0.2, 0) is 45.8 Å². The van der Waals surface area contributed by atoms with Crippen molar-refractivity contribution >= 4 is 63.7 Å². The average molecular weight is 803 g/mol. The highest BCUT2D eigenvalue weighted by Crippen LogP contribution is 2.61. The number of nitrogen functional groups attached to an aromatic ring is 1. The maximum atomic E-state index is 12.8. The molecule has 2 aromatic rings. The molecule has 29 heteroatoms. The number of hydrogen-bond acceptors (Lipinski definition) is 20. The van der Waals surface area contributed by atoms with Crippen LogP contribution in [0.25, 0.3) is 11.2 Å². The fourth-order valence-corrected chi connectivity index (χ4v) is 7.95. The Hall–Kier alpha value is -2.93. The van der Waals surface area contributed by atoms with E-state index in [4.69, 9.17) is 34.5 Å². The van der Waals surface area contributed by atoms with Crippen molar-refractivity contribution < 1.29 is 80.7 Å². The van der Waals surface area contributed by atoms with Crippen molar-refractivity contribution in [2.75, 3.05) is 18.9 Å². The molecule has 2 fully saturated rings. The molecular weight excluding hydrogens is 773 g/mol. The fourth-order valence-electron chi connectivity index (χ4n) is 5.15. The summed E-state index contributed by atoms with van der Waals surface area (Å²) in [6.07, 6.45) is -5.83. The first-order valence-corrected chi connectivity index (χ1v) is 18.9. The number of anilines is 1. The van der Waals surface area contributed by atoms with Gasteiger partial charge in [0.25, 0.3) is 0 Å². The Labute approximate surface area is 290 Å². The van der Waals surface area contributed by atoms with E-state index in [9.17, 15) is 53.4 Å². The molecule has 5 rings (SSSR count). The number of aromatic nitrogens is 4. The van der Waals surface area contributed by atoms with Crippen LogP contribution in [-0.4, -0.2) is 126 Å². The molecule has 25 nitrogen and oxygen atoms in total. The molecule has 3 aliphatic rings. The van der Waals surface area contributed by atoms with Crippen LogP contribution in [0.2, 0.25) is 0 Å². The second-order valence-corrected chi connectivity index (χ2v) is 15.3. The first kappa shape index (κ1) is 39.3. The number of fused-ring (bicyclic) bond motifs is 1. The first-order valence-electron chi connectivity index (χ1n) is 14.0. The van der Waals surface area contributed by atoms with Gasteiger partial charge in [-0.15, -0.1) is 0 Å². The van der Waals surface area contributed by atoms with E-state index in [1.54, 1.807) is 0 Å². The number of phosphoric acid groups is 3. The van der Waals surface area contributed by atoms with Gasteiger partial charge >= 0.3 is 23.5 Å². The van der Waals surface area contributed by atoms with Gasteiger partial charge in [0.2, 0.25) is 11.6 Å². The molecule has 3 aliphatic heterocycles. The summed E-state index contributed by atoms with van der Waals surface area (Å²) in [4.78, 5) is 67.7. The number of carbonyl (C=O) groups excluding carboxylic acids is 1. The minimum Gasteiger partial charge on any atom is -0.387 e. The molecule has 0 aliphatic carbocycles. The van der Waals surface area contributed by atoms with E-state index >= 15 is 0 Å². The number of hydrogen-bond donors (Lipinski definition) is 9. The van der Waals surface area contributed by atoms with E-state index < -0.39 is 91.3 Å². The summed E-state index contributed by atoms with van der Waals surface area (Å²) in [5, 5.41) is 33.9. The predicted octanol–water partition coefficient (Wildman–Crippen LogP) is -2.14. The van der Waals surface area contributed by atoms with Crippen molar-refractivity contribution in [2.45, 2.75) is 55.1 Å². The Bertz CT molecular complexity index is 1920. The fraction of sp³-hybridized carbons (Fsp3) is 0.500. The molecule has 2 saturated heterocycles. The minimum absolute atomic E-state index is 0.00232. The number of imidazole rings is 1. The summed E-state index contributed by atoms with van der Waals surface area (Å²) < 4.78 is 68.1. The standard InChI is InChI=1S/C22H29N8O17P3S/c23-17-12-19(26-7-25-17)30(8-27-12)21-15(46-48(35,36)37)16(33)22(45-21,28-9-51)6-43-50(40,41)47-49(38,39)42-5-11-13(31)14(32)20(44-11)29-3-1-2-10(4-29)18(24)34/h1,3-4,7-8,11,13-16,20-21,31-33H,2,5-6H2,(H2,24,34)(H,38,39)(H,40,41)(H2,23,25,26)(H2,35,36,37)/t11-,13-,14-,15-,16-,20-,21-,22-/m1/s1. The van der Waals surface area contributed by atoms with Gasteiger partial charge in [0.15, 0.2) is 23.9 Å². The lowest BCUT2D eigenvalue weighted by Crippen LogP contribution is -2.45. The highest BCUT2D eigenvalue weighted by molar-refractivity contribution is 7.78. The summed E-state index contributed by atoms with van der Waals surface area (Å²) in [5.74, 6) is -0.854.